The molecule has 7 heteroatoms. The summed E-state index contributed by atoms with van der Waals surface area (Å²) in [6.07, 6.45) is -3.60. The van der Waals surface area contributed by atoms with Crippen molar-refractivity contribution >= 4 is 27.5 Å². The largest absolute Gasteiger partial charge is 0.492 e. The molecule has 2 aromatic carbocycles. The van der Waals surface area contributed by atoms with Gasteiger partial charge in [0.2, 0.25) is 0 Å². The maximum Gasteiger partial charge on any atom is 0.416 e. The summed E-state index contributed by atoms with van der Waals surface area (Å²) >= 11 is 3.32. The number of nitrogens with one attached hydrogen (secondary N) is 1. The zero-order valence-corrected chi connectivity index (χ0v) is 14.4. The molecule has 0 bridgehead atoms. The van der Waals surface area contributed by atoms with Gasteiger partial charge in [-0.2, -0.15) is 13.2 Å². The molecule has 0 saturated carbocycles. The Bertz CT molecular complexity index is 732. The summed E-state index contributed by atoms with van der Waals surface area (Å²) in [5.74, 6) is 0.101. The van der Waals surface area contributed by atoms with Crippen molar-refractivity contribution < 1.29 is 22.7 Å². The van der Waals surface area contributed by atoms with Gasteiger partial charge in [-0.05, 0) is 58.7 Å². The summed E-state index contributed by atoms with van der Waals surface area (Å²) in [7, 11) is 0. The number of hydrogen-bond donors (Lipinski definition) is 1. The van der Waals surface area contributed by atoms with Crippen molar-refractivity contribution in [2.45, 2.75) is 19.5 Å². The molecule has 0 heterocycles. The van der Waals surface area contributed by atoms with Crippen molar-refractivity contribution in [1.29, 1.82) is 0 Å². The molecule has 0 aliphatic carbocycles. The van der Waals surface area contributed by atoms with Gasteiger partial charge >= 0.3 is 6.18 Å². The number of anilines is 1. The predicted molar refractivity (Wildman–Crippen MR) is 89.3 cm³/mol. The fourth-order valence-electron chi connectivity index (χ4n) is 1.95. The summed E-state index contributed by atoms with van der Waals surface area (Å²) in [5.41, 5.74) is -0.426. The molecule has 0 aliphatic heterocycles. The van der Waals surface area contributed by atoms with Crippen LogP contribution >= 0.6 is 15.9 Å². The highest BCUT2D eigenvalue weighted by molar-refractivity contribution is 9.10. The Morgan fingerprint density at radius 3 is 2.58 bits per heavy atom. The van der Waals surface area contributed by atoms with E-state index in [2.05, 4.69) is 21.2 Å². The van der Waals surface area contributed by atoms with Crippen LogP contribution in [-0.4, -0.2) is 12.5 Å². The molecule has 2 aromatic rings. The second kappa shape index (κ2) is 7.70. The van der Waals surface area contributed by atoms with Crippen LogP contribution in [0.15, 0.2) is 46.9 Å². The highest BCUT2D eigenvalue weighted by Gasteiger charge is 2.30. The Morgan fingerprint density at radius 1 is 1.21 bits per heavy atom. The maximum atomic E-state index is 12.7. The SMILES string of the molecule is CCCOc1ccc(C(=O)Nc2cccc(C(F)(F)F)c2)cc1Br. The molecule has 0 saturated heterocycles. The van der Waals surface area contributed by atoms with Crippen LogP contribution in [0.2, 0.25) is 0 Å². The van der Waals surface area contributed by atoms with E-state index in [-0.39, 0.29) is 5.69 Å². The minimum absolute atomic E-state index is 0.0808. The van der Waals surface area contributed by atoms with Crippen LogP contribution in [0.1, 0.15) is 29.3 Å². The monoisotopic (exact) mass is 401 g/mol. The van der Waals surface area contributed by atoms with E-state index in [4.69, 9.17) is 4.74 Å². The quantitative estimate of drug-likeness (QED) is 0.717. The van der Waals surface area contributed by atoms with E-state index in [0.29, 0.717) is 22.4 Å². The van der Waals surface area contributed by atoms with E-state index in [1.807, 2.05) is 6.92 Å². The van der Waals surface area contributed by atoms with E-state index >= 15 is 0 Å². The number of benzene rings is 2. The van der Waals surface area contributed by atoms with Gasteiger partial charge in [-0.15, -0.1) is 0 Å². The van der Waals surface area contributed by atoms with E-state index < -0.39 is 17.6 Å². The third-order valence-electron chi connectivity index (χ3n) is 3.10. The molecule has 0 aliphatic rings. The van der Waals surface area contributed by atoms with Gasteiger partial charge < -0.3 is 10.1 Å². The molecule has 0 fully saturated rings. The van der Waals surface area contributed by atoms with Gasteiger partial charge in [0.25, 0.3) is 5.91 Å². The zero-order valence-electron chi connectivity index (χ0n) is 12.8. The smallest absolute Gasteiger partial charge is 0.416 e. The molecule has 3 nitrogen and oxygen atoms in total. The van der Waals surface area contributed by atoms with Gasteiger partial charge in [0.05, 0.1) is 16.6 Å². The fourth-order valence-corrected chi connectivity index (χ4v) is 2.44. The molecule has 0 unspecified atom stereocenters. The van der Waals surface area contributed by atoms with Crippen LogP contribution in [0.25, 0.3) is 0 Å². The van der Waals surface area contributed by atoms with Crippen LogP contribution in [0.4, 0.5) is 18.9 Å². The molecule has 1 amide bonds. The molecule has 0 spiro atoms. The molecule has 128 valence electrons. The molecule has 2 rings (SSSR count). The van der Waals surface area contributed by atoms with Crippen molar-refractivity contribution in [1.82, 2.24) is 0 Å². The van der Waals surface area contributed by atoms with E-state index in [1.54, 1.807) is 18.2 Å². The minimum Gasteiger partial charge on any atom is -0.492 e. The average molecular weight is 402 g/mol. The summed E-state index contributed by atoms with van der Waals surface area (Å²) in [6.45, 7) is 2.53. The van der Waals surface area contributed by atoms with Gasteiger partial charge in [-0.3, -0.25) is 4.79 Å². The Morgan fingerprint density at radius 2 is 1.96 bits per heavy atom. The number of amides is 1. The second-order valence-electron chi connectivity index (χ2n) is 5.03. The number of halogens is 4. The van der Waals surface area contributed by atoms with E-state index in [0.717, 1.165) is 18.6 Å². The van der Waals surface area contributed by atoms with Crippen LogP contribution in [0.5, 0.6) is 5.75 Å². The first kappa shape index (κ1) is 18.3. The Kier molecular flexibility index (Phi) is 5.88. The molecule has 0 atom stereocenters. The van der Waals surface area contributed by atoms with Crippen molar-refractivity contribution in [2.24, 2.45) is 0 Å². The first-order chi connectivity index (χ1) is 11.3. The Balaban J connectivity index is 2.14. The molecule has 0 aromatic heterocycles. The van der Waals surface area contributed by atoms with Crippen molar-refractivity contribution in [3.63, 3.8) is 0 Å². The Hall–Kier alpha value is -2.02. The maximum absolute atomic E-state index is 12.7. The van der Waals surface area contributed by atoms with Crippen molar-refractivity contribution in [3.8, 4) is 5.75 Å². The van der Waals surface area contributed by atoms with Crippen LogP contribution in [0, 0.1) is 0 Å². The lowest BCUT2D eigenvalue weighted by molar-refractivity contribution is -0.137. The van der Waals surface area contributed by atoms with Crippen LogP contribution < -0.4 is 10.1 Å². The lowest BCUT2D eigenvalue weighted by Gasteiger charge is -2.11. The average Bonchev–Trinajstić information content (AvgIpc) is 2.53. The molecule has 0 radical (unpaired) electrons. The predicted octanol–water partition coefficient (Wildman–Crippen LogP) is 5.51. The van der Waals surface area contributed by atoms with Gasteiger partial charge in [0, 0.05) is 11.3 Å². The summed E-state index contributed by atoms with van der Waals surface area (Å²) in [4.78, 5) is 12.2. The topological polar surface area (TPSA) is 38.3 Å². The fraction of sp³-hybridized carbons (Fsp3) is 0.235. The highest BCUT2D eigenvalue weighted by Crippen LogP contribution is 2.31. The van der Waals surface area contributed by atoms with E-state index in [9.17, 15) is 18.0 Å². The standard InChI is InChI=1S/C17H15BrF3NO2/c1-2-8-24-15-7-6-11(9-14(15)18)16(23)22-13-5-3-4-12(10-13)17(19,20)21/h3-7,9-10H,2,8H2,1H3,(H,22,23). The van der Waals surface area contributed by atoms with Crippen LogP contribution in [-0.2, 0) is 6.18 Å². The Labute approximate surface area is 146 Å². The number of carbonyl (C=O) groups excluding carboxylic acids is 1. The molecule has 24 heavy (non-hydrogen) atoms. The first-order valence-corrected chi connectivity index (χ1v) is 8.01. The van der Waals surface area contributed by atoms with Gasteiger partial charge in [-0.1, -0.05) is 13.0 Å². The highest BCUT2D eigenvalue weighted by atomic mass is 79.9. The van der Waals surface area contributed by atoms with Crippen molar-refractivity contribution in [3.05, 3.63) is 58.1 Å². The van der Waals surface area contributed by atoms with Gasteiger partial charge in [0.15, 0.2) is 0 Å². The number of carbonyl (C=O) groups is 1. The summed E-state index contributed by atoms with van der Waals surface area (Å²) < 4.78 is 44.2. The first-order valence-electron chi connectivity index (χ1n) is 7.22. The van der Waals surface area contributed by atoms with E-state index in [1.165, 1.54) is 12.1 Å². The van der Waals surface area contributed by atoms with Crippen molar-refractivity contribution in [2.75, 3.05) is 11.9 Å². The summed E-state index contributed by atoms with van der Waals surface area (Å²) in [5, 5.41) is 2.46. The number of rotatable bonds is 5. The molecular weight excluding hydrogens is 387 g/mol. The minimum atomic E-state index is -4.46. The second-order valence-corrected chi connectivity index (χ2v) is 5.88. The van der Waals surface area contributed by atoms with Crippen LogP contribution in [0.3, 0.4) is 0 Å². The van der Waals surface area contributed by atoms with Gasteiger partial charge in [0.1, 0.15) is 5.75 Å². The number of hydrogen-bond acceptors (Lipinski definition) is 2. The molecular formula is C17H15BrF3NO2. The third-order valence-corrected chi connectivity index (χ3v) is 3.72. The van der Waals surface area contributed by atoms with Gasteiger partial charge in [-0.25, -0.2) is 0 Å². The molecule has 1 N–H and O–H groups in total. The summed E-state index contributed by atoms with van der Waals surface area (Å²) in [6, 6.07) is 9.25. The number of alkyl halides is 3. The lowest BCUT2D eigenvalue weighted by Crippen LogP contribution is -2.13. The lowest BCUT2D eigenvalue weighted by atomic mass is 10.1. The third kappa shape index (κ3) is 4.74. The number of ether oxygens (including phenoxy) is 1. The zero-order chi connectivity index (χ0) is 17.7. The normalized spacial score (nSPS) is 11.2.